The Balaban J connectivity index is 1.66. The highest BCUT2D eigenvalue weighted by atomic mass is 32.2. The first-order valence-electron chi connectivity index (χ1n) is 6.05. The third kappa shape index (κ3) is 2.03. The summed E-state index contributed by atoms with van der Waals surface area (Å²) < 4.78 is 38.4. The summed E-state index contributed by atoms with van der Waals surface area (Å²) in [6, 6.07) is 7.99. The Morgan fingerprint density at radius 2 is 2.00 bits per heavy atom. The maximum Gasteiger partial charge on any atom is 0.406 e. The first-order chi connectivity index (χ1) is 8.52. The summed E-state index contributed by atoms with van der Waals surface area (Å²) in [7, 11) is 0. The Labute approximate surface area is 108 Å². The smallest absolute Gasteiger partial charge is 0.303 e. The van der Waals surface area contributed by atoms with Gasteiger partial charge in [0, 0.05) is 23.1 Å². The van der Waals surface area contributed by atoms with E-state index in [1.165, 1.54) is 10.5 Å². The fourth-order valence-corrected chi connectivity index (χ4v) is 3.66. The van der Waals surface area contributed by atoms with E-state index in [0.29, 0.717) is 6.54 Å². The standard InChI is InChI=1S/C13H14F3NS/c14-13(15,16)12(5-6-12)17-7-9-8-18-11-4-2-1-3-10(9)11/h1-4,9,17H,5-8H2. The molecule has 0 amide bonds. The molecule has 1 aromatic rings. The molecule has 1 saturated carbocycles. The first-order valence-corrected chi connectivity index (χ1v) is 7.04. The number of benzene rings is 1. The molecule has 3 rings (SSSR count). The molecule has 2 aliphatic rings. The van der Waals surface area contributed by atoms with E-state index in [9.17, 15) is 13.2 Å². The predicted octanol–water partition coefficient (Wildman–Crippen LogP) is 3.56. The summed E-state index contributed by atoms with van der Waals surface area (Å²) in [5.74, 6) is 1.08. The van der Waals surface area contributed by atoms with Gasteiger partial charge < -0.3 is 5.32 Å². The summed E-state index contributed by atoms with van der Waals surface area (Å²) in [5.41, 5.74) is -0.400. The van der Waals surface area contributed by atoms with Crippen molar-refractivity contribution in [3.63, 3.8) is 0 Å². The molecule has 0 bridgehead atoms. The summed E-state index contributed by atoms with van der Waals surface area (Å²) >= 11 is 1.73. The average Bonchev–Trinajstić information content (AvgIpc) is 3.02. The van der Waals surface area contributed by atoms with Crippen LogP contribution < -0.4 is 5.32 Å². The van der Waals surface area contributed by atoms with Gasteiger partial charge in [-0.1, -0.05) is 18.2 Å². The molecule has 1 heterocycles. The Morgan fingerprint density at radius 3 is 2.67 bits per heavy atom. The Kier molecular flexibility index (Phi) is 2.86. The number of hydrogen-bond acceptors (Lipinski definition) is 2. The molecule has 0 spiro atoms. The second kappa shape index (κ2) is 4.17. The quantitative estimate of drug-likeness (QED) is 0.903. The van der Waals surface area contributed by atoms with Crippen molar-refractivity contribution in [1.29, 1.82) is 0 Å². The van der Waals surface area contributed by atoms with Crippen LogP contribution in [0.4, 0.5) is 13.2 Å². The number of nitrogens with one attached hydrogen (secondary N) is 1. The summed E-state index contributed by atoms with van der Waals surface area (Å²) in [4.78, 5) is 1.21. The molecule has 0 aromatic heterocycles. The number of halogens is 3. The normalized spacial score (nSPS) is 24.9. The zero-order valence-corrected chi connectivity index (χ0v) is 10.6. The number of hydrogen-bond donors (Lipinski definition) is 1. The van der Waals surface area contributed by atoms with E-state index < -0.39 is 11.7 Å². The third-order valence-corrected chi connectivity index (χ3v) is 5.03. The van der Waals surface area contributed by atoms with Gasteiger partial charge in [0.15, 0.2) is 0 Å². The molecule has 0 radical (unpaired) electrons. The van der Waals surface area contributed by atoms with E-state index in [0.717, 1.165) is 5.75 Å². The minimum absolute atomic E-state index is 0.200. The van der Waals surface area contributed by atoms with Crippen LogP contribution in [-0.2, 0) is 0 Å². The van der Waals surface area contributed by atoms with E-state index in [1.54, 1.807) is 11.8 Å². The molecule has 1 atom stereocenters. The fourth-order valence-electron chi connectivity index (χ4n) is 2.40. The van der Waals surface area contributed by atoms with Gasteiger partial charge in [-0.3, -0.25) is 0 Å². The van der Waals surface area contributed by atoms with Crippen molar-refractivity contribution in [1.82, 2.24) is 5.32 Å². The molecule has 1 aromatic carbocycles. The number of alkyl halides is 3. The zero-order chi connectivity index (χ0) is 12.8. The molecule has 18 heavy (non-hydrogen) atoms. The average molecular weight is 273 g/mol. The van der Waals surface area contributed by atoms with E-state index >= 15 is 0 Å². The van der Waals surface area contributed by atoms with Crippen molar-refractivity contribution in [3.8, 4) is 0 Å². The van der Waals surface area contributed by atoms with Crippen molar-refractivity contribution < 1.29 is 13.2 Å². The lowest BCUT2D eigenvalue weighted by Gasteiger charge is -2.23. The Bertz CT molecular complexity index is 454. The highest BCUT2D eigenvalue weighted by Gasteiger charge is 2.63. The van der Waals surface area contributed by atoms with Crippen molar-refractivity contribution in [2.24, 2.45) is 0 Å². The summed E-state index contributed by atoms with van der Waals surface area (Å²) in [6.07, 6.45) is -3.67. The summed E-state index contributed by atoms with van der Waals surface area (Å²) in [6.45, 7) is 0.420. The van der Waals surface area contributed by atoms with Crippen molar-refractivity contribution in [2.45, 2.75) is 35.4 Å². The second-order valence-corrected chi connectivity index (χ2v) is 6.07. The monoisotopic (exact) mass is 273 g/mol. The van der Waals surface area contributed by atoms with Crippen LogP contribution in [0.2, 0.25) is 0 Å². The molecule has 5 heteroatoms. The van der Waals surface area contributed by atoms with Crippen LogP contribution in [0.25, 0.3) is 0 Å². The van der Waals surface area contributed by atoms with Crippen molar-refractivity contribution in [2.75, 3.05) is 12.3 Å². The predicted molar refractivity (Wildman–Crippen MR) is 65.9 cm³/mol. The highest BCUT2D eigenvalue weighted by Crippen LogP contribution is 2.49. The van der Waals surface area contributed by atoms with Crippen LogP contribution in [0.1, 0.15) is 24.3 Å². The van der Waals surface area contributed by atoms with Crippen LogP contribution in [0.15, 0.2) is 29.2 Å². The van der Waals surface area contributed by atoms with E-state index in [4.69, 9.17) is 0 Å². The van der Waals surface area contributed by atoms with Crippen molar-refractivity contribution >= 4 is 11.8 Å². The lowest BCUT2D eigenvalue weighted by Crippen LogP contribution is -2.46. The zero-order valence-electron chi connectivity index (χ0n) is 9.76. The maximum absolute atomic E-state index is 12.8. The Morgan fingerprint density at radius 1 is 1.28 bits per heavy atom. The van der Waals surface area contributed by atoms with Gasteiger partial charge >= 0.3 is 6.18 Å². The number of rotatable bonds is 3. The number of fused-ring (bicyclic) bond motifs is 1. The lowest BCUT2D eigenvalue weighted by molar-refractivity contribution is -0.165. The lowest BCUT2D eigenvalue weighted by atomic mass is 10.0. The van der Waals surface area contributed by atoms with Gasteiger partial charge in [-0.2, -0.15) is 13.2 Å². The van der Waals surface area contributed by atoms with Crippen LogP contribution in [0.3, 0.4) is 0 Å². The van der Waals surface area contributed by atoms with Gasteiger partial charge in [-0.15, -0.1) is 11.8 Å². The van der Waals surface area contributed by atoms with Crippen LogP contribution in [0.5, 0.6) is 0 Å². The molecule has 1 unspecified atom stereocenters. The fraction of sp³-hybridized carbons (Fsp3) is 0.538. The van der Waals surface area contributed by atoms with Gasteiger partial charge in [0.2, 0.25) is 0 Å². The molecule has 1 fully saturated rings. The molecular formula is C13H14F3NS. The molecule has 1 aliphatic carbocycles. The largest absolute Gasteiger partial charge is 0.406 e. The van der Waals surface area contributed by atoms with Gasteiger partial charge in [0.05, 0.1) is 0 Å². The van der Waals surface area contributed by atoms with E-state index in [-0.39, 0.29) is 18.8 Å². The first kappa shape index (κ1) is 12.4. The van der Waals surface area contributed by atoms with Crippen molar-refractivity contribution in [3.05, 3.63) is 29.8 Å². The highest BCUT2D eigenvalue weighted by molar-refractivity contribution is 7.99. The Hall–Kier alpha value is -0.680. The molecule has 1 N–H and O–H groups in total. The minimum Gasteiger partial charge on any atom is -0.303 e. The van der Waals surface area contributed by atoms with Crippen LogP contribution in [-0.4, -0.2) is 24.0 Å². The number of thioether (sulfide) groups is 1. The van der Waals surface area contributed by atoms with E-state index in [1.807, 2.05) is 24.3 Å². The molecule has 98 valence electrons. The van der Waals surface area contributed by atoms with Gasteiger partial charge in [0.1, 0.15) is 5.54 Å². The SMILES string of the molecule is FC(F)(F)C1(NCC2CSc3ccccc32)CC1. The molecule has 0 saturated heterocycles. The molecule has 1 aliphatic heterocycles. The molecular weight excluding hydrogens is 259 g/mol. The van der Waals surface area contributed by atoms with Gasteiger partial charge in [0.25, 0.3) is 0 Å². The van der Waals surface area contributed by atoms with Gasteiger partial charge in [-0.05, 0) is 24.5 Å². The molecule has 1 nitrogen and oxygen atoms in total. The van der Waals surface area contributed by atoms with Crippen LogP contribution in [0, 0.1) is 0 Å². The van der Waals surface area contributed by atoms with E-state index in [2.05, 4.69) is 5.32 Å². The summed E-state index contributed by atoms with van der Waals surface area (Å²) in [5, 5.41) is 2.75. The topological polar surface area (TPSA) is 12.0 Å². The third-order valence-electron chi connectivity index (χ3n) is 3.78. The second-order valence-electron chi connectivity index (χ2n) is 5.01. The van der Waals surface area contributed by atoms with Gasteiger partial charge in [-0.25, -0.2) is 0 Å². The minimum atomic E-state index is -4.11. The van der Waals surface area contributed by atoms with Crippen LogP contribution >= 0.6 is 11.8 Å². The maximum atomic E-state index is 12.8.